The highest BCUT2D eigenvalue weighted by molar-refractivity contribution is 7.31. The van der Waals surface area contributed by atoms with Gasteiger partial charge in [0.15, 0.2) is 0 Å². The van der Waals surface area contributed by atoms with Crippen molar-refractivity contribution in [2.24, 2.45) is 0 Å². The summed E-state index contributed by atoms with van der Waals surface area (Å²) >= 11 is 3.62. The van der Waals surface area contributed by atoms with Crippen molar-refractivity contribution in [2.75, 3.05) is 4.90 Å². The average Bonchev–Trinajstić information content (AvgIpc) is 3.98. The molecule has 11 aromatic rings. The fourth-order valence-electron chi connectivity index (χ4n) is 7.30. The molecule has 0 amide bonds. The van der Waals surface area contributed by atoms with Crippen molar-refractivity contribution in [1.29, 1.82) is 0 Å². The van der Waals surface area contributed by atoms with Gasteiger partial charge in [-0.25, -0.2) is 0 Å². The number of thiophene rings is 2. The molecule has 6 heterocycles. The van der Waals surface area contributed by atoms with Crippen molar-refractivity contribution in [3.63, 3.8) is 0 Å². The molecule has 0 aliphatic heterocycles. The number of furan rings is 2. The Morgan fingerprint density at radius 1 is 0.415 bits per heavy atom. The molecular weight excluding hydrogens is 691 g/mol. The maximum absolute atomic E-state index is 6.32. The van der Waals surface area contributed by atoms with Gasteiger partial charge in [0, 0.05) is 76.8 Å². The van der Waals surface area contributed by atoms with Gasteiger partial charge in [-0.3, -0.25) is 9.97 Å². The van der Waals surface area contributed by atoms with Gasteiger partial charge in [0.1, 0.15) is 27.3 Å². The molecule has 0 unspecified atom stereocenters. The number of fused-ring (bicyclic) bond motifs is 7. The number of rotatable bonds is 6. The Bertz CT molecular complexity index is 3020. The van der Waals surface area contributed by atoms with E-state index in [1.807, 2.05) is 66.2 Å². The second-order valence-electron chi connectivity index (χ2n) is 13.0. The van der Waals surface area contributed by atoms with Crippen LogP contribution in [-0.2, 0) is 0 Å². The minimum absolute atomic E-state index is 0.833. The van der Waals surface area contributed by atoms with Crippen LogP contribution in [0.3, 0.4) is 0 Å². The second kappa shape index (κ2) is 12.0. The van der Waals surface area contributed by atoms with Crippen LogP contribution >= 0.6 is 22.7 Å². The largest absolute Gasteiger partial charge is 0.456 e. The number of pyridine rings is 2. The van der Waals surface area contributed by atoms with Crippen LogP contribution in [0.2, 0.25) is 0 Å². The summed E-state index contributed by atoms with van der Waals surface area (Å²) in [7, 11) is 0. The van der Waals surface area contributed by atoms with Gasteiger partial charge in [0.05, 0.1) is 11.4 Å². The van der Waals surface area contributed by atoms with Gasteiger partial charge >= 0.3 is 0 Å². The number of aromatic nitrogens is 2. The average molecular weight is 718 g/mol. The summed E-state index contributed by atoms with van der Waals surface area (Å²) in [5, 5.41) is 5.56. The smallest absolute Gasteiger partial charge is 0.139 e. The first-order valence-electron chi connectivity index (χ1n) is 17.4. The Labute approximate surface area is 311 Å². The zero-order chi connectivity index (χ0) is 34.9. The summed E-state index contributed by atoms with van der Waals surface area (Å²) < 4.78 is 15.0. The van der Waals surface area contributed by atoms with Crippen molar-refractivity contribution >= 4 is 92.3 Å². The molecule has 5 nitrogen and oxygen atoms in total. The van der Waals surface area contributed by atoms with E-state index in [-0.39, 0.29) is 0 Å². The van der Waals surface area contributed by atoms with Crippen molar-refractivity contribution in [3.05, 3.63) is 164 Å². The van der Waals surface area contributed by atoms with Gasteiger partial charge < -0.3 is 13.7 Å². The van der Waals surface area contributed by atoms with Crippen molar-refractivity contribution < 1.29 is 8.83 Å². The van der Waals surface area contributed by atoms with Crippen LogP contribution in [-0.4, -0.2) is 9.97 Å². The maximum atomic E-state index is 6.32. The summed E-state index contributed by atoms with van der Waals surface area (Å²) in [6.07, 6.45) is 3.68. The van der Waals surface area contributed by atoms with Crippen LogP contribution in [0.5, 0.6) is 0 Å². The Morgan fingerprint density at radius 2 is 1.04 bits per heavy atom. The first kappa shape index (κ1) is 30.1. The lowest BCUT2D eigenvalue weighted by Gasteiger charge is -2.24. The normalized spacial score (nSPS) is 11.8. The number of para-hydroxylation sites is 1. The van der Waals surface area contributed by atoms with E-state index in [1.165, 1.54) is 19.8 Å². The molecule has 0 spiro atoms. The first-order chi connectivity index (χ1) is 26.2. The third-order valence-electron chi connectivity index (χ3n) is 9.80. The Kier molecular flexibility index (Phi) is 6.83. The van der Waals surface area contributed by atoms with Gasteiger partial charge in [-0.1, -0.05) is 54.6 Å². The minimum Gasteiger partial charge on any atom is -0.456 e. The third-order valence-corrected chi connectivity index (χ3v) is 12.1. The number of anilines is 3. The van der Waals surface area contributed by atoms with Crippen LogP contribution in [0.15, 0.2) is 173 Å². The molecule has 0 bridgehead atoms. The molecule has 11 rings (SSSR count). The van der Waals surface area contributed by atoms with E-state index in [0.717, 1.165) is 82.8 Å². The molecule has 53 heavy (non-hydrogen) atoms. The zero-order valence-electron chi connectivity index (χ0n) is 28.1. The highest BCUT2D eigenvalue weighted by atomic mass is 32.1. The lowest BCUT2D eigenvalue weighted by Crippen LogP contribution is -2.08. The minimum atomic E-state index is 0.833. The molecule has 0 saturated carbocycles. The maximum Gasteiger partial charge on any atom is 0.139 e. The topological polar surface area (TPSA) is 55.3 Å². The first-order valence-corrected chi connectivity index (χ1v) is 19.0. The summed E-state index contributed by atoms with van der Waals surface area (Å²) in [6, 6.07) is 52.9. The highest BCUT2D eigenvalue weighted by Gasteiger charge is 2.20. The molecule has 5 aromatic carbocycles. The van der Waals surface area contributed by atoms with Crippen molar-refractivity contribution in [3.8, 4) is 33.0 Å². The van der Waals surface area contributed by atoms with Gasteiger partial charge in [-0.2, -0.15) is 0 Å². The zero-order valence-corrected chi connectivity index (χ0v) is 29.7. The van der Waals surface area contributed by atoms with E-state index in [9.17, 15) is 0 Å². The Hall–Kier alpha value is -6.54. The second-order valence-corrected chi connectivity index (χ2v) is 15.2. The van der Waals surface area contributed by atoms with Crippen LogP contribution in [0.25, 0.3) is 86.2 Å². The Morgan fingerprint density at radius 3 is 1.72 bits per heavy atom. The van der Waals surface area contributed by atoms with E-state index >= 15 is 0 Å². The molecule has 0 fully saturated rings. The van der Waals surface area contributed by atoms with E-state index in [4.69, 9.17) is 8.83 Å². The summed E-state index contributed by atoms with van der Waals surface area (Å²) in [4.78, 5) is 12.8. The summed E-state index contributed by atoms with van der Waals surface area (Å²) in [5.41, 5.74) is 10.8. The molecule has 6 aromatic heterocycles. The predicted molar refractivity (Wildman–Crippen MR) is 221 cm³/mol. The van der Waals surface area contributed by atoms with E-state index in [0.29, 0.717) is 0 Å². The fraction of sp³-hybridized carbons (Fsp3) is 0. The molecule has 0 aliphatic carbocycles. The fourth-order valence-corrected chi connectivity index (χ4v) is 9.73. The van der Waals surface area contributed by atoms with Crippen LogP contribution in [0.1, 0.15) is 0 Å². The monoisotopic (exact) mass is 717 g/mol. The van der Waals surface area contributed by atoms with Crippen LogP contribution in [0.4, 0.5) is 16.4 Å². The highest BCUT2D eigenvalue weighted by Crippen LogP contribution is 2.47. The number of benzene rings is 5. The molecule has 0 N–H and O–H groups in total. The quantitative estimate of drug-likeness (QED) is 0.171. The number of hydrogen-bond donors (Lipinski definition) is 0. The molecule has 0 atom stereocenters. The summed E-state index contributed by atoms with van der Waals surface area (Å²) in [5.74, 6) is 0. The van der Waals surface area contributed by atoms with Gasteiger partial charge in [0.25, 0.3) is 0 Å². The molecule has 250 valence electrons. The molecular formula is C46H27N3O2S2. The molecule has 7 heteroatoms. The Balaban J connectivity index is 1.01. The standard InChI is InChI=1S/C46H27N3O2S2/c1-2-16-39-33(13-1)35-24-36-34-23-30(17-18-40(34)51-42(36)25-41(35)50-39)43-26-44-45(52-43)27-46(53-44)49(31-11-7-9-28(21-31)37-14-3-5-19-47-37)32-12-8-10-29(22-32)38-15-4-6-20-48-38/h1-27H. The van der Waals surface area contributed by atoms with E-state index in [1.54, 1.807) is 11.3 Å². The van der Waals surface area contributed by atoms with Crippen molar-refractivity contribution in [1.82, 2.24) is 9.97 Å². The van der Waals surface area contributed by atoms with Crippen LogP contribution < -0.4 is 4.90 Å². The van der Waals surface area contributed by atoms with Gasteiger partial charge in [-0.05, 0) is 96.6 Å². The SMILES string of the molecule is c1ccc(-c2cccc(N(c3cccc(-c4ccccn4)c3)c3cc4sc(-c5ccc6oc7cc8oc9ccccc9c8cc7c6c5)cc4s3)c2)nc1. The van der Waals surface area contributed by atoms with Crippen LogP contribution in [0, 0.1) is 0 Å². The number of nitrogens with zero attached hydrogens (tertiary/aromatic N) is 3. The summed E-state index contributed by atoms with van der Waals surface area (Å²) in [6.45, 7) is 0. The molecule has 0 saturated heterocycles. The van der Waals surface area contributed by atoms with Crippen molar-refractivity contribution in [2.45, 2.75) is 0 Å². The molecule has 0 radical (unpaired) electrons. The van der Waals surface area contributed by atoms with Gasteiger partial charge in [0.2, 0.25) is 0 Å². The number of hydrogen-bond acceptors (Lipinski definition) is 7. The molecule has 0 aliphatic rings. The van der Waals surface area contributed by atoms with E-state index < -0.39 is 0 Å². The van der Waals surface area contributed by atoms with Gasteiger partial charge in [-0.15, -0.1) is 22.7 Å². The lowest BCUT2D eigenvalue weighted by atomic mass is 10.1. The lowest BCUT2D eigenvalue weighted by molar-refractivity contribution is 0.656. The predicted octanol–water partition coefficient (Wildman–Crippen LogP) is 14.0. The third kappa shape index (κ3) is 5.12. The van der Waals surface area contributed by atoms with E-state index in [2.05, 4.69) is 124 Å².